The number of ketones is 2. The van der Waals surface area contributed by atoms with Crippen LogP contribution in [0.2, 0.25) is 0 Å². The lowest BCUT2D eigenvalue weighted by Gasteiger charge is -2.09. The van der Waals surface area contributed by atoms with Crippen molar-refractivity contribution in [3.8, 4) is 11.5 Å². The number of aromatic hydroxyl groups is 1. The summed E-state index contributed by atoms with van der Waals surface area (Å²) in [6, 6.07) is 3.03. The van der Waals surface area contributed by atoms with Crippen LogP contribution in [0.3, 0.4) is 0 Å². The second-order valence-corrected chi connectivity index (χ2v) is 3.83. The van der Waals surface area contributed by atoms with Gasteiger partial charge < -0.3 is 9.84 Å². The average Bonchev–Trinajstić information content (AvgIpc) is 2.27. The van der Waals surface area contributed by atoms with E-state index >= 15 is 0 Å². The quantitative estimate of drug-likeness (QED) is 0.629. The molecule has 0 spiro atoms. The molecule has 0 amide bonds. The summed E-state index contributed by atoms with van der Waals surface area (Å²) in [7, 11) is 1.48. The highest BCUT2D eigenvalue weighted by Crippen LogP contribution is 2.28. The normalized spacial score (nSPS) is 10.1. The van der Waals surface area contributed by atoms with Gasteiger partial charge in [-0.1, -0.05) is 6.92 Å². The van der Waals surface area contributed by atoms with Crippen molar-refractivity contribution < 1.29 is 19.4 Å². The van der Waals surface area contributed by atoms with Crippen molar-refractivity contribution in [1.82, 2.24) is 0 Å². The van der Waals surface area contributed by atoms with Crippen LogP contribution in [0.4, 0.5) is 0 Å². The molecule has 17 heavy (non-hydrogen) atoms. The summed E-state index contributed by atoms with van der Waals surface area (Å²) in [5.74, 6) is -0.145. The summed E-state index contributed by atoms with van der Waals surface area (Å²) in [5, 5.41) is 9.75. The lowest BCUT2D eigenvalue weighted by atomic mass is 9.99. The molecule has 0 radical (unpaired) electrons. The zero-order valence-electron chi connectivity index (χ0n) is 10.2. The van der Waals surface area contributed by atoms with Gasteiger partial charge in [0.2, 0.25) is 0 Å². The van der Waals surface area contributed by atoms with Gasteiger partial charge in [0.1, 0.15) is 17.3 Å². The molecule has 1 rings (SSSR count). The second-order valence-electron chi connectivity index (χ2n) is 3.83. The molecule has 4 nitrogen and oxygen atoms in total. The van der Waals surface area contributed by atoms with E-state index in [1.807, 2.05) is 0 Å². The van der Waals surface area contributed by atoms with Gasteiger partial charge in [0.15, 0.2) is 5.78 Å². The Morgan fingerprint density at radius 1 is 1.35 bits per heavy atom. The molecule has 92 valence electrons. The van der Waals surface area contributed by atoms with Crippen molar-refractivity contribution >= 4 is 11.6 Å². The van der Waals surface area contributed by atoms with Crippen LogP contribution in [-0.2, 0) is 4.79 Å². The Labute approximate surface area is 100 Å². The first kappa shape index (κ1) is 13.2. The van der Waals surface area contributed by atoms with Gasteiger partial charge in [-0.05, 0) is 18.6 Å². The number of ether oxygens (including phenoxy) is 1. The number of hydrogen-bond donors (Lipinski definition) is 1. The van der Waals surface area contributed by atoms with Crippen LogP contribution >= 0.6 is 0 Å². The van der Waals surface area contributed by atoms with Crippen molar-refractivity contribution in [3.63, 3.8) is 0 Å². The number of carbonyl (C=O) groups is 2. The zero-order valence-corrected chi connectivity index (χ0v) is 10.2. The summed E-state index contributed by atoms with van der Waals surface area (Å²) in [6.07, 6.45) is 0.152. The van der Waals surface area contributed by atoms with Gasteiger partial charge in [0, 0.05) is 12.5 Å². The summed E-state index contributed by atoms with van der Waals surface area (Å²) in [5.41, 5.74) is 0.809. The molecule has 0 bridgehead atoms. The molecule has 0 unspecified atom stereocenters. The minimum atomic E-state index is -0.352. The van der Waals surface area contributed by atoms with Gasteiger partial charge in [-0.2, -0.15) is 0 Å². The van der Waals surface area contributed by atoms with E-state index in [0.717, 1.165) is 0 Å². The fraction of sp³-hybridized carbons (Fsp3) is 0.385. The van der Waals surface area contributed by atoms with E-state index in [2.05, 4.69) is 0 Å². The summed E-state index contributed by atoms with van der Waals surface area (Å²) >= 11 is 0. The van der Waals surface area contributed by atoms with Crippen molar-refractivity contribution in [1.29, 1.82) is 0 Å². The van der Waals surface area contributed by atoms with E-state index in [1.165, 1.54) is 13.2 Å². The number of carbonyl (C=O) groups excluding carboxylic acids is 2. The Bertz CT molecular complexity index is 426. The van der Waals surface area contributed by atoms with E-state index in [-0.39, 0.29) is 29.3 Å². The van der Waals surface area contributed by atoms with Crippen LogP contribution in [0.25, 0.3) is 0 Å². The van der Waals surface area contributed by atoms with Gasteiger partial charge in [-0.3, -0.25) is 9.59 Å². The van der Waals surface area contributed by atoms with E-state index in [0.29, 0.717) is 17.7 Å². The third-order valence-corrected chi connectivity index (χ3v) is 2.55. The van der Waals surface area contributed by atoms with E-state index < -0.39 is 0 Å². The number of benzene rings is 1. The standard InChI is InChI=1S/C13H16O4/c1-4-9(14)6-11(15)13-8(2)5-10(17-3)7-12(13)16/h5,7,16H,4,6H2,1-3H3. The highest BCUT2D eigenvalue weighted by Gasteiger charge is 2.17. The largest absolute Gasteiger partial charge is 0.507 e. The molecule has 1 N–H and O–H groups in total. The molecule has 0 aromatic heterocycles. The summed E-state index contributed by atoms with van der Waals surface area (Å²) < 4.78 is 4.97. The molecular formula is C13H16O4. The number of rotatable bonds is 5. The monoisotopic (exact) mass is 236 g/mol. The Morgan fingerprint density at radius 2 is 2.00 bits per heavy atom. The molecule has 0 aliphatic carbocycles. The predicted octanol–water partition coefficient (Wildman–Crippen LogP) is 2.26. The van der Waals surface area contributed by atoms with Gasteiger partial charge in [0.05, 0.1) is 19.1 Å². The third-order valence-electron chi connectivity index (χ3n) is 2.55. The fourth-order valence-corrected chi connectivity index (χ4v) is 1.61. The first-order valence-electron chi connectivity index (χ1n) is 5.42. The van der Waals surface area contributed by atoms with Crippen LogP contribution in [-0.4, -0.2) is 23.8 Å². The van der Waals surface area contributed by atoms with Crippen molar-refractivity contribution in [2.75, 3.05) is 7.11 Å². The second kappa shape index (κ2) is 5.48. The first-order valence-corrected chi connectivity index (χ1v) is 5.42. The fourth-order valence-electron chi connectivity index (χ4n) is 1.61. The van der Waals surface area contributed by atoms with Gasteiger partial charge in [-0.15, -0.1) is 0 Å². The molecular weight excluding hydrogens is 220 g/mol. The maximum atomic E-state index is 11.8. The lowest BCUT2D eigenvalue weighted by molar-refractivity contribution is -0.117. The van der Waals surface area contributed by atoms with Gasteiger partial charge in [0.25, 0.3) is 0 Å². The molecule has 0 aliphatic rings. The molecule has 0 atom stereocenters. The molecule has 0 saturated carbocycles. The molecule has 1 aromatic carbocycles. The van der Waals surface area contributed by atoms with E-state index in [4.69, 9.17) is 4.74 Å². The van der Waals surface area contributed by atoms with Crippen molar-refractivity contribution in [3.05, 3.63) is 23.3 Å². The first-order chi connectivity index (χ1) is 7.99. The number of phenols is 1. The molecule has 0 saturated heterocycles. The average molecular weight is 236 g/mol. The van der Waals surface area contributed by atoms with Crippen LogP contribution in [0.15, 0.2) is 12.1 Å². The number of aryl methyl sites for hydroxylation is 1. The van der Waals surface area contributed by atoms with E-state index in [9.17, 15) is 14.7 Å². The van der Waals surface area contributed by atoms with Crippen molar-refractivity contribution in [2.24, 2.45) is 0 Å². The zero-order chi connectivity index (χ0) is 13.0. The Hall–Kier alpha value is -1.84. The smallest absolute Gasteiger partial charge is 0.174 e. The molecule has 0 heterocycles. The van der Waals surface area contributed by atoms with Crippen LogP contribution in [0.5, 0.6) is 11.5 Å². The Morgan fingerprint density at radius 3 is 2.47 bits per heavy atom. The maximum absolute atomic E-state index is 11.8. The molecule has 0 fully saturated rings. The minimum Gasteiger partial charge on any atom is -0.507 e. The van der Waals surface area contributed by atoms with Crippen molar-refractivity contribution in [2.45, 2.75) is 26.7 Å². The lowest BCUT2D eigenvalue weighted by Crippen LogP contribution is -2.09. The van der Waals surface area contributed by atoms with E-state index in [1.54, 1.807) is 19.9 Å². The Balaban J connectivity index is 3.06. The third kappa shape index (κ3) is 3.06. The number of phenolic OH excluding ortho intramolecular Hbond substituents is 1. The maximum Gasteiger partial charge on any atom is 0.174 e. The summed E-state index contributed by atoms with van der Waals surface area (Å²) in [6.45, 7) is 3.41. The SMILES string of the molecule is CCC(=O)CC(=O)c1c(C)cc(OC)cc1O. The van der Waals surface area contributed by atoms with Crippen LogP contribution in [0.1, 0.15) is 35.7 Å². The molecule has 1 aromatic rings. The summed E-state index contributed by atoms with van der Waals surface area (Å²) in [4.78, 5) is 23.0. The van der Waals surface area contributed by atoms with Gasteiger partial charge in [-0.25, -0.2) is 0 Å². The topological polar surface area (TPSA) is 63.6 Å². The molecule has 0 aliphatic heterocycles. The Kier molecular flexibility index (Phi) is 4.26. The van der Waals surface area contributed by atoms with Gasteiger partial charge >= 0.3 is 0 Å². The molecule has 4 heteroatoms. The predicted molar refractivity (Wildman–Crippen MR) is 63.6 cm³/mol. The number of Topliss-reactive ketones (excluding diaryl/α,β-unsaturated/α-hetero) is 2. The van der Waals surface area contributed by atoms with Crippen LogP contribution < -0.4 is 4.74 Å². The number of hydrogen-bond acceptors (Lipinski definition) is 4. The minimum absolute atomic E-state index is 0.135. The van der Waals surface area contributed by atoms with Crippen LogP contribution in [0, 0.1) is 6.92 Å². The number of methoxy groups -OCH3 is 1. The highest BCUT2D eigenvalue weighted by molar-refractivity contribution is 6.10. The highest BCUT2D eigenvalue weighted by atomic mass is 16.5.